The third-order valence-electron chi connectivity index (χ3n) is 3.01. The van der Waals surface area contributed by atoms with Gasteiger partial charge in [-0.15, -0.1) is 0 Å². The van der Waals surface area contributed by atoms with Crippen LogP contribution in [0.15, 0.2) is 24.4 Å². The molecule has 6 heteroatoms. The van der Waals surface area contributed by atoms with Crippen molar-refractivity contribution in [3.8, 4) is 0 Å². The van der Waals surface area contributed by atoms with Gasteiger partial charge in [0.05, 0.1) is 11.2 Å². The minimum atomic E-state index is -0.409. The smallest absolute Gasteiger partial charge is 0.328 e. The van der Waals surface area contributed by atoms with Crippen molar-refractivity contribution in [2.75, 3.05) is 17.2 Å². The predicted molar refractivity (Wildman–Crippen MR) is 68.2 cm³/mol. The maximum absolute atomic E-state index is 11.8. The van der Waals surface area contributed by atoms with Crippen LogP contribution in [-0.4, -0.2) is 23.5 Å². The SMILES string of the molecule is Nc1cc(N2CCC(=O)NC2=O)c2[nH]ccc2c1. The molecule has 2 heterocycles. The zero-order valence-electron chi connectivity index (χ0n) is 9.56. The zero-order chi connectivity index (χ0) is 12.7. The summed E-state index contributed by atoms with van der Waals surface area (Å²) >= 11 is 0. The Morgan fingerprint density at radius 2 is 2.11 bits per heavy atom. The molecule has 92 valence electrons. The summed E-state index contributed by atoms with van der Waals surface area (Å²) in [6.07, 6.45) is 2.09. The molecular weight excluding hydrogens is 232 g/mol. The average molecular weight is 244 g/mol. The number of H-pyrrole nitrogens is 1. The third kappa shape index (κ3) is 1.58. The summed E-state index contributed by atoms with van der Waals surface area (Å²) in [4.78, 5) is 27.6. The fourth-order valence-electron chi connectivity index (χ4n) is 2.18. The van der Waals surface area contributed by atoms with Gasteiger partial charge in [-0.1, -0.05) is 0 Å². The fraction of sp³-hybridized carbons (Fsp3) is 0.167. The van der Waals surface area contributed by atoms with Crippen LogP contribution in [0.1, 0.15) is 6.42 Å². The number of nitrogen functional groups attached to an aromatic ring is 1. The molecule has 1 aliphatic rings. The van der Waals surface area contributed by atoms with Gasteiger partial charge in [-0.05, 0) is 18.2 Å². The Morgan fingerprint density at radius 3 is 2.89 bits per heavy atom. The van der Waals surface area contributed by atoms with Gasteiger partial charge in [-0.2, -0.15) is 0 Å². The van der Waals surface area contributed by atoms with E-state index in [1.54, 1.807) is 12.3 Å². The zero-order valence-corrected chi connectivity index (χ0v) is 9.56. The lowest BCUT2D eigenvalue weighted by atomic mass is 10.1. The summed E-state index contributed by atoms with van der Waals surface area (Å²) < 4.78 is 0. The molecule has 4 N–H and O–H groups in total. The molecule has 1 fully saturated rings. The van der Waals surface area contributed by atoms with E-state index in [4.69, 9.17) is 5.73 Å². The van der Waals surface area contributed by atoms with E-state index in [9.17, 15) is 9.59 Å². The average Bonchev–Trinajstić information content (AvgIpc) is 2.76. The van der Waals surface area contributed by atoms with Crippen molar-refractivity contribution in [1.29, 1.82) is 0 Å². The van der Waals surface area contributed by atoms with E-state index in [0.717, 1.165) is 10.9 Å². The van der Waals surface area contributed by atoms with Crippen molar-refractivity contribution in [2.24, 2.45) is 0 Å². The number of benzene rings is 1. The van der Waals surface area contributed by atoms with Gasteiger partial charge in [0.25, 0.3) is 0 Å². The first-order valence-electron chi connectivity index (χ1n) is 5.63. The molecule has 1 saturated heterocycles. The Morgan fingerprint density at radius 1 is 1.28 bits per heavy atom. The summed E-state index contributed by atoms with van der Waals surface area (Å²) in [5.41, 5.74) is 7.94. The van der Waals surface area contributed by atoms with Crippen LogP contribution < -0.4 is 16.0 Å². The van der Waals surface area contributed by atoms with Crippen molar-refractivity contribution >= 4 is 34.2 Å². The molecule has 1 aromatic carbocycles. The normalized spacial score (nSPS) is 16.1. The monoisotopic (exact) mass is 244 g/mol. The van der Waals surface area contributed by atoms with E-state index >= 15 is 0 Å². The second-order valence-electron chi connectivity index (χ2n) is 4.24. The van der Waals surface area contributed by atoms with Crippen LogP contribution in [0.4, 0.5) is 16.2 Å². The van der Waals surface area contributed by atoms with Crippen LogP contribution in [0.3, 0.4) is 0 Å². The first-order chi connectivity index (χ1) is 8.65. The summed E-state index contributed by atoms with van der Waals surface area (Å²) in [6, 6.07) is 5.05. The van der Waals surface area contributed by atoms with Gasteiger partial charge < -0.3 is 10.7 Å². The number of fused-ring (bicyclic) bond motifs is 1. The van der Waals surface area contributed by atoms with Crippen molar-refractivity contribution < 1.29 is 9.59 Å². The number of carbonyl (C=O) groups excluding carboxylic acids is 2. The number of urea groups is 1. The Hall–Kier alpha value is -2.50. The molecule has 0 saturated carbocycles. The van der Waals surface area contributed by atoms with Gasteiger partial charge >= 0.3 is 6.03 Å². The molecule has 1 aliphatic heterocycles. The number of imide groups is 1. The van der Waals surface area contributed by atoms with E-state index in [0.29, 0.717) is 24.3 Å². The second kappa shape index (κ2) is 3.76. The number of rotatable bonds is 1. The molecule has 0 bridgehead atoms. The lowest BCUT2D eigenvalue weighted by molar-refractivity contribution is -0.120. The van der Waals surface area contributed by atoms with E-state index in [-0.39, 0.29) is 5.91 Å². The van der Waals surface area contributed by atoms with Crippen molar-refractivity contribution in [3.63, 3.8) is 0 Å². The Bertz CT molecular complexity index is 647. The van der Waals surface area contributed by atoms with Gasteiger partial charge in [0.1, 0.15) is 0 Å². The molecule has 0 spiro atoms. The topological polar surface area (TPSA) is 91.2 Å². The van der Waals surface area contributed by atoms with Crippen molar-refractivity contribution in [2.45, 2.75) is 6.42 Å². The Kier molecular flexibility index (Phi) is 2.22. The number of carbonyl (C=O) groups is 2. The molecule has 2 aromatic rings. The molecule has 0 atom stereocenters. The highest BCUT2D eigenvalue weighted by Crippen LogP contribution is 2.29. The van der Waals surface area contributed by atoms with E-state index in [2.05, 4.69) is 10.3 Å². The highest BCUT2D eigenvalue weighted by Gasteiger charge is 2.25. The van der Waals surface area contributed by atoms with E-state index in [1.807, 2.05) is 12.1 Å². The van der Waals surface area contributed by atoms with Gasteiger partial charge in [-0.25, -0.2) is 4.79 Å². The molecule has 0 radical (unpaired) electrons. The molecular formula is C12H12N4O2. The molecule has 6 nitrogen and oxygen atoms in total. The minimum absolute atomic E-state index is 0.247. The Labute approximate surface area is 103 Å². The lowest BCUT2D eigenvalue weighted by Gasteiger charge is -2.27. The van der Waals surface area contributed by atoms with Crippen LogP contribution >= 0.6 is 0 Å². The van der Waals surface area contributed by atoms with Gasteiger partial charge in [-0.3, -0.25) is 15.0 Å². The van der Waals surface area contributed by atoms with Crippen LogP contribution in [0.5, 0.6) is 0 Å². The van der Waals surface area contributed by atoms with E-state index in [1.165, 1.54) is 4.90 Å². The predicted octanol–water partition coefficient (Wildman–Crippen LogP) is 1.20. The second-order valence-corrected chi connectivity index (χ2v) is 4.24. The molecule has 1 aromatic heterocycles. The van der Waals surface area contributed by atoms with Crippen LogP contribution in [0.2, 0.25) is 0 Å². The highest BCUT2D eigenvalue weighted by molar-refractivity contribution is 6.09. The molecule has 18 heavy (non-hydrogen) atoms. The standard InChI is InChI=1S/C12H12N4O2/c13-8-5-7-1-3-14-11(7)9(6-8)16-4-2-10(17)15-12(16)18/h1,3,5-6,14H,2,4,13H2,(H,15,17,18). The molecule has 0 unspecified atom stereocenters. The minimum Gasteiger partial charge on any atom is -0.399 e. The summed E-state index contributed by atoms with van der Waals surface area (Å²) in [6.45, 7) is 0.363. The Balaban J connectivity index is 2.11. The number of nitrogens with two attached hydrogens (primary N) is 1. The fourth-order valence-corrected chi connectivity index (χ4v) is 2.18. The molecule has 3 rings (SSSR count). The molecule has 0 aliphatic carbocycles. The third-order valence-corrected chi connectivity index (χ3v) is 3.01. The van der Waals surface area contributed by atoms with Crippen LogP contribution in [-0.2, 0) is 4.79 Å². The summed E-state index contributed by atoms with van der Waals surface area (Å²) in [7, 11) is 0. The maximum atomic E-state index is 11.8. The van der Waals surface area contributed by atoms with E-state index < -0.39 is 6.03 Å². The van der Waals surface area contributed by atoms with Crippen LogP contribution in [0.25, 0.3) is 10.9 Å². The molecule has 3 amide bonds. The number of nitrogens with one attached hydrogen (secondary N) is 2. The number of nitrogens with zero attached hydrogens (tertiary/aromatic N) is 1. The van der Waals surface area contributed by atoms with Crippen molar-refractivity contribution in [1.82, 2.24) is 10.3 Å². The van der Waals surface area contributed by atoms with Gasteiger partial charge in [0.15, 0.2) is 0 Å². The largest absolute Gasteiger partial charge is 0.399 e. The lowest BCUT2D eigenvalue weighted by Crippen LogP contribution is -2.49. The number of aromatic amines is 1. The van der Waals surface area contributed by atoms with Crippen molar-refractivity contribution in [3.05, 3.63) is 24.4 Å². The summed E-state index contributed by atoms with van der Waals surface area (Å²) in [5.74, 6) is -0.247. The van der Waals surface area contributed by atoms with Gasteiger partial charge in [0, 0.05) is 30.2 Å². The van der Waals surface area contributed by atoms with Gasteiger partial charge in [0.2, 0.25) is 5.91 Å². The number of hydrogen-bond acceptors (Lipinski definition) is 3. The summed E-state index contributed by atoms with van der Waals surface area (Å²) in [5, 5.41) is 3.24. The quantitative estimate of drug-likeness (QED) is 0.658. The van der Waals surface area contributed by atoms with Crippen LogP contribution in [0, 0.1) is 0 Å². The number of amides is 3. The number of aromatic nitrogens is 1. The number of hydrogen-bond donors (Lipinski definition) is 3. The number of anilines is 2. The first-order valence-corrected chi connectivity index (χ1v) is 5.63. The first kappa shape index (κ1) is 10.6. The maximum Gasteiger partial charge on any atom is 0.328 e. The highest BCUT2D eigenvalue weighted by atomic mass is 16.2.